The summed E-state index contributed by atoms with van der Waals surface area (Å²) >= 11 is 0. The molecular weight excluding hydrogens is 476 g/mol. The first kappa shape index (κ1) is 26.7. The average Bonchev–Trinajstić information content (AvgIpc) is 2.93. The van der Waals surface area contributed by atoms with Gasteiger partial charge < -0.3 is 23.7 Å². The lowest BCUT2D eigenvalue weighted by Gasteiger charge is -2.09. The number of benzene rings is 3. The van der Waals surface area contributed by atoms with Crippen molar-refractivity contribution in [3.05, 3.63) is 104 Å². The van der Waals surface area contributed by atoms with Crippen LogP contribution >= 0.6 is 0 Å². The molecule has 8 nitrogen and oxygen atoms in total. The van der Waals surface area contributed by atoms with Gasteiger partial charge in [0.2, 0.25) is 13.6 Å². The van der Waals surface area contributed by atoms with Crippen LogP contribution in [0.25, 0.3) is 11.1 Å². The average molecular weight is 503 g/mol. The van der Waals surface area contributed by atoms with E-state index in [9.17, 15) is 14.4 Å². The molecule has 37 heavy (non-hydrogen) atoms. The lowest BCUT2D eigenvalue weighted by molar-refractivity contribution is -0.145. The predicted octanol–water partition coefficient (Wildman–Crippen LogP) is 5.02. The van der Waals surface area contributed by atoms with Gasteiger partial charge in [-0.3, -0.25) is 4.79 Å². The molecule has 0 heterocycles. The van der Waals surface area contributed by atoms with Crippen LogP contribution in [0.15, 0.2) is 98.1 Å². The smallest absolute Gasteiger partial charge is 0.333 e. The lowest BCUT2D eigenvalue weighted by Crippen LogP contribution is -2.09. The highest BCUT2D eigenvalue weighted by Crippen LogP contribution is 2.25. The molecule has 3 aromatic rings. The van der Waals surface area contributed by atoms with Crippen molar-refractivity contribution in [3.8, 4) is 28.4 Å². The van der Waals surface area contributed by atoms with Gasteiger partial charge in [0.25, 0.3) is 0 Å². The standard InChI is InChI=1S/C29H26O8/c1-3-27(30)35-19-33-24-12-5-21(6-13-24)7-18-29(32)37-26-16-10-23(11-17-26)22-8-14-25(15-9-22)34-20-36-28(31)4-2/h3-6,8-17H,1-2,7,18-20H2. The minimum absolute atomic E-state index is 0.195. The molecule has 0 aromatic heterocycles. The van der Waals surface area contributed by atoms with Gasteiger partial charge in [-0.1, -0.05) is 49.6 Å². The van der Waals surface area contributed by atoms with Gasteiger partial charge in [-0.2, -0.15) is 0 Å². The maximum absolute atomic E-state index is 12.3. The molecule has 0 spiro atoms. The van der Waals surface area contributed by atoms with Gasteiger partial charge in [0, 0.05) is 18.6 Å². The van der Waals surface area contributed by atoms with E-state index < -0.39 is 11.9 Å². The maximum Gasteiger partial charge on any atom is 0.333 e. The van der Waals surface area contributed by atoms with Crippen LogP contribution in [0.5, 0.6) is 17.2 Å². The molecule has 0 aliphatic carbocycles. The van der Waals surface area contributed by atoms with Crippen LogP contribution in [-0.4, -0.2) is 31.5 Å². The van der Waals surface area contributed by atoms with E-state index in [1.54, 1.807) is 36.4 Å². The molecular formula is C29H26O8. The number of carbonyl (C=O) groups is 3. The quantitative estimate of drug-likeness (QED) is 0.139. The molecule has 0 N–H and O–H groups in total. The van der Waals surface area contributed by atoms with E-state index in [2.05, 4.69) is 13.2 Å². The molecule has 0 saturated heterocycles. The Bertz CT molecular complexity index is 1210. The minimum Gasteiger partial charge on any atom is -0.457 e. The van der Waals surface area contributed by atoms with Crippen molar-refractivity contribution in [3.63, 3.8) is 0 Å². The molecule has 3 rings (SSSR count). The van der Waals surface area contributed by atoms with Crippen molar-refractivity contribution >= 4 is 17.9 Å². The molecule has 0 aliphatic rings. The zero-order valence-corrected chi connectivity index (χ0v) is 20.1. The highest BCUT2D eigenvalue weighted by Gasteiger charge is 2.07. The second kappa shape index (κ2) is 13.9. The Morgan fingerprint density at radius 1 is 0.622 bits per heavy atom. The molecule has 0 atom stereocenters. The molecule has 0 amide bonds. The van der Waals surface area contributed by atoms with Gasteiger partial charge in [0.1, 0.15) is 17.2 Å². The fourth-order valence-corrected chi connectivity index (χ4v) is 3.07. The Morgan fingerprint density at radius 2 is 1.05 bits per heavy atom. The van der Waals surface area contributed by atoms with Crippen LogP contribution in [0, 0.1) is 0 Å². The normalized spacial score (nSPS) is 10.1. The van der Waals surface area contributed by atoms with E-state index in [4.69, 9.17) is 23.7 Å². The second-order valence-electron chi connectivity index (χ2n) is 7.53. The van der Waals surface area contributed by atoms with Crippen LogP contribution in [0.2, 0.25) is 0 Å². The predicted molar refractivity (Wildman–Crippen MR) is 136 cm³/mol. The highest BCUT2D eigenvalue weighted by atomic mass is 16.7. The summed E-state index contributed by atoms with van der Waals surface area (Å²) < 4.78 is 25.6. The molecule has 0 bridgehead atoms. The van der Waals surface area contributed by atoms with Crippen LogP contribution in [-0.2, 0) is 30.3 Å². The Hall–Kier alpha value is -4.85. The molecule has 0 aliphatic heterocycles. The first-order chi connectivity index (χ1) is 18.0. The first-order valence-corrected chi connectivity index (χ1v) is 11.3. The van der Waals surface area contributed by atoms with Gasteiger partial charge >= 0.3 is 17.9 Å². The summed E-state index contributed by atoms with van der Waals surface area (Å²) in [5, 5.41) is 0. The Balaban J connectivity index is 1.42. The van der Waals surface area contributed by atoms with E-state index in [1.165, 1.54) is 0 Å². The monoisotopic (exact) mass is 502 g/mol. The van der Waals surface area contributed by atoms with E-state index in [1.807, 2.05) is 36.4 Å². The molecule has 0 radical (unpaired) electrons. The molecule has 0 unspecified atom stereocenters. The van der Waals surface area contributed by atoms with Gasteiger partial charge in [-0.25, -0.2) is 9.59 Å². The Kier molecular flexibility index (Phi) is 10.0. The van der Waals surface area contributed by atoms with E-state index in [0.29, 0.717) is 23.7 Å². The summed E-state index contributed by atoms with van der Waals surface area (Å²) in [6, 6.07) is 21.6. The van der Waals surface area contributed by atoms with Crippen molar-refractivity contribution in [2.24, 2.45) is 0 Å². The largest absolute Gasteiger partial charge is 0.457 e. The van der Waals surface area contributed by atoms with Crippen molar-refractivity contribution < 1.29 is 38.1 Å². The van der Waals surface area contributed by atoms with Crippen LogP contribution in [0.4, 0.5) is 0 Å². The number of rotatable bonds is 13. The topological polar surface area (TPSA) is 97.4 Å². The summed E-state index contributed by atoms with van der Waals surface area (Å²) in [5.41, 5.74) is 2.82. The SMILES string of the molecule is C=CC(=O)OCOc1ccc(CCC(=O)Oc2ccc(-c3ccc(OCOC(=O)C=C)cc3)cc2)cc1. The molecule has 8 heteroatoms. The Morgan fingerprint density at radius 3 is 1.51 bits per heavy atom. The lowest BCUT2D eigenvalue weighted by atomic mass is 10.1. The van der Waals surface area contributed by atoms with Gasteiger partial charge in [0.15, 0.2) is 0 Å². The number of carbonyl (C=O) groups excluding carboxylic acids is 3. The van der Waals surface area contributed by atoms with E-state index in [0.717, 1.165) is 28.8 Å². The number of aryl methyl sites for hydroxylation is 1. The summed E-state index contributed by atoms with van der Waals surface area (Å²) in [7, 11) is 0. The van der Waals surface area contributed by atoms with Gasteiger partial charge in [-0.15, -0.1) is 0 Å². The number of hydrogen-bond donors (Lipinski definition) is 0. The van der Waals surface area contributed by atoms with E-state index in [-0.39, 0.29) is 26.0 Å². The van der Waals surface area contributed by atoms with Gasteiger partial charge in [-0.05, 0) is 59.5 Å². The van der Waals surface area contributed by atoms with Crippen molar-refractivity contribution in [2.75, 3.05) is 13.6 Å². The highest BCUT2D eigenvalue weighted by molar-refractivity contribution is 5.81. The fraction of sp³-hybridized carbons (Fsp3) is 0.138. The minimum atomic E-state index is -0.559. The van der Waals surface area contributed by atoms with E-state index >= 15 is 0 Å². The summed E-state index contributed by atoms with van der Waals surface area (Å²) in [5.74, 6) is 0.0972. The number of ether oxygens (including phenoxy) is 5. The van der Waals surface area contributed by atoms with Crippen LogP contribution in [0.1, 0.15) is 12.0 Å². The first-order valence-electron chi connectivity index (χ1n) is 11.3. The fourth-order valence-electron chi connectivity index (χ4n) is 3.07. The number of esters is 3. The number of hydrogen-bond acceptors (Lipinski definition) is 8. The van der Waals surface area contributed by atoms with Gasteiger partial charge in [0.05, 0.1) is 0 Å². The third kappa shape index (κ3) is 9.03. The zero-order chi connectivity index (χ0) is 26.5. The Labute approximate surface area is 214 Å². The zero-order valence-electron chi connectivity index (χ0n) is 20.1. The van der Waals surface area contributed by atoms with Crippen LogP contribution in [0.3, 0.4) is 0 Å². The van der Waals surface area contributed by atoms with Crippen molar-refractivity contribution in [2.45, 2.75) is 12.8 Å². The van der Waals surface area contributed by atoms with Crippen molar-refractivity contribution in [1.29, 1.82) is 0 Å². The summed E-state index contributed by atoms with van der Waals surface area (Å²) in [6.45, 7) is 6.22. The third-order valence-corrected chi connectivity index (χ3v) is 5.00. The molecule has 0 fully saturated rings. The summed E-state index contributed by atoms with van der Waals surface area (Å²) in [6.07, 6.45) is 2.84. The third-order valence-electron chi connectivity index (χ3n) is 5.00. The molecule has 0 saturated carbocycles. The molecule has 190 valence electrons. The van der Waals surface area contributed by atoms with Crippen LogP contribution < -0.4 is 14.2 Å². The maximum atomic E-state index is 12.3. The van der Waals surface area contributed by atoms with Crippen molar-refractivity contribution in [1.82, 2.24) is 0 Å². The second-order valence-corrected chi connectivity index (χ2v) is 7.53. The summed E-state index contributed by atoms with van der Waals surface area (Å²) in [4.78, 5) is 34.3. The molecule has 3 aromatic carbocycles.